The van der Waals surface area contributed by atoms with Crippen LogP contribution in [0.4, 0.5) is 0 Å². The number of methoxy groups -OCH3 is 4. The van der Waals surface area contributed by atoms with Crippen LogP contribution in [0.15, 0.2) is 54.7 Å². The van der Waals surface area contributed by atoms with Gasteiger partial charge in [-0.2, -0.15) is 0 Å². The normalized spacial score (nSPS) is 16.3. The van der Waals surface area contributed by atoms with Gasteiger partial charge in [-0.05, 0) is 30.7 Å². The molecule has 0 bridgehead atoms. The molecule has 1 aliphatic rings. The molecular weight excluding hydrogens is 392 g/mol. The molecule has 0 amide bonds. The first-order chi connectivity index (χ1) is 15.2. The first-order valence-electron chi connectivity index (χ1n) is 10.5. The van der Waals surface area contributed by atoms with E-state index in [1.54, 1.807) is 28.4 Å². The van der Waals surface area contributed by atoms with Gasteiger partial charge in [-0.15, -0.1) is 0 Å². The Morgan fingerprint density at radius 1 is 0.774 bits per heavy atom. The second kappa shape index (κ2) is 9.35. The Hall–Kier alpha value is -3.12. The molecule has 0 spiro atoms. The van der Waals surface area contributed by atoms with E-state index in [0.29, 0.717) is 0 Å². The maximum Gasteiger partial charge on any atom is 0.165 e. The summed E-state index contributed by atoms with van der Waals surface area (Å²) in [5, 5.41) is 0. The van der Waals surface area contributed by atoms with Gasteiger partial charge in [0.1, 0.15) is 0 Å². The SMILES string of the molecule is COc1cccc(CN2CCCn3cccc3[C@H]2c2cccc(OC)c2OC)c1OC. The molecule has 3 aromatic rings. The van der Waals surface area contributed by atoms with Crippen molar-refractivity contribution in [2.24, 2.45) is 0 Å². The van der Waals surface area contributed by atoms with Crippen LogP contribution in [0.2, 0.25) is 0 Å². The lowest BCUT2D eigenvalue weighted by Crippen LogP contribution is -2.30. The minimum atomic E-state index is 0.0125. The molecule has 31 heavy (non-hydrogen) atoms. The quantitative estimate of drug-likeness (QED) is 0.560. The lowest BCUT2D eigenvalue weighted by Gasteiger charge is -2.32. The summed E-state index contributed by atoms with van der Waals surface area (Å²) < 4.78 is 25.0. The third-order valence-electron chi connectivity index (χ3n) is 5.94. The van der Waals surface area contributed by atoms with Gasteiger partial charge < -0.3 is 23.5 Å². The Bertz CT molecular complexity index is 1030. The summed E-state index contributed by atoms with van der Waals surface area (Å²) in [6.45, 7) is 2.64. The number of ether oxygens (including phenoxy) is 4. The molecule has 0 radical (unpaired) electrons. The monoisotopic (exact) mass is 422 g/mol. The Kier molecular flexibility index (Phi) is 6.37. The fraction of sp³-hybridized carbons (Fsp3) is 0.360. The summed E-state index contributed by atoms with van der Waals surface area (Å²) in [5.41, 5.74) is 3.42. The van der Waals surface area contributed by atoms with Crippen molar-refractivity contribution in [2.75, 3.05) is 35.0 Å². The number of aromatic nitrogens is 1. The fourth-order valence-electron chi connectivity index (χ4n) is 4.59. The van der Waals surface area contributed by atoms with Gasteiger partial charge in [-0.3, -0.25) is 4.90 Å². The first kappa shape index (κ1) is 21.1. The Balaban J connectivity index is 1.83. The molecule has 6 heteroatoms. The lowest BCUT2D eigenvalue weighted by atomic mass is 9.99. The summed E-state index contributed by atoms with van der Waals surface area (Å²) in [7, 11) is 6.74. The van der Waals surface area contributed by atoms with Crippen LogP contribution in [-0.2, 0) is 13.1 Å². The van der Waals surface area contributed by atoms with Gasteiger partial charge in [0.2, 0.25) is 0 Å². The number of hydrogen-bond acceptors (Lipinski definition) is 5. The van der Waals surface area contributed by atoms with Crippen LogP contribution in [0, 0.1) is 0 Å². The van der Waals surface area contributed by atoms with Crippen LogP contribution in [-0.4, -0.2) is 44.5 Å². The zero-order valence-electron chi connectivity index (χ0n) is 18.6. The molecule has 6 nitrogen and oxygen atoms in total. The molecule has 2 aromatic carbocycles. The highest BCUT2D eigenvalue weighted by atomic mass is 16.5. The average Bonchev–Trinajstić information content (AvgIpc) is 3.19. The molecule has 164 valence electrons. The number of aryl methyl sites for hydroxylation is 1. The Morgan fingerprint density at radius 2 is 1.48 bits per heavy atom. The van der Waals surface area contributed by atoms with Crippen molar-refractivity contribution >= 4 is 0 Å². The number of nitrogens with zero attached hydrogens (tertiary/aromatic N) is 2. The van der Waals surface area contributed by atoms with Crippen LogP contribution < -0.4 is 18.9 Å². The van der Waals surface area contributed by atoms with Crippen LogP contribution in [0.25, 0.3) is 0 Å². The summed E-state index contributed by atoms with van der Waals surface area (Å²) in [4.78, 5) is 2.48. The van der Waals surface area contributed by atoms with E-state index in [0.717, 1.165) is 60.2 Å². The maximum absolute atomic E-state index is 5.83. The number of benzene rings is 2. The minimum Gasteiger partial charge on any atom is -0.493 e. The molecule has 1 aliphatic heterocycles. The minimum absolute atomic E-state index is 0.0125. The topological polar surface area (TPSA) is 45.1 Å². The fourth-order valence-corrected chi connectivity index (χ4v) is 4.59. The number of para-hydroxylation sites is 2. The maximum atomic E-state index is 5.83. The standard InChI is InChI=1S/C25H30N2O4/c1-28-21-12-5-9-18(24(21)30-3)17-27-16-8-15-26-14-7-11-20(26)23(27)19-10-6-13-22(29-2)25(19)31-4/h5-7,9-14,23H,8,15-17H2,1-4H3/t23-/m1/s1. The van der Waals surface area contributed by atoms with Gasteiger partial charge in [-0.1, -0.05) is 24.3 Å². The molecule has 0 unspecified atom stereocenters. The average molecular weight is 423 g/mol. The van der Waals surface area contributed by atoms with Gasteiger partial charge in [0.25, 0.3) is 0 Å². The molecule has 0 N–H and O–H groups in total. The molecule has 1 aromatic heterocycles. The smallest absolute Gasteiger partial charge is 0.165 e. The van der Waals surface area contributed by atoms with Crippen LogP contribution >= 0.6 is 0 Å². The third-order valence-corrected chi connectivity index (χ3v) is 5.94. The van der Waals surface area contributed by atoms with Crippen molar-refractivity contribution in [3.05, 3.63) is 71.5 Å². The molecule has 1 atom stereocenters. The van der Waals surface area contributed by atoms with Gasteiger partial charge in [0.05, 0.1) is 34.5 Å². The van der Waals surface area contributed by atoms with Crippen molar-refractivity contribution in [3.63, 3.8) is 0 Å². The molecule has 0 fully saturated rings. The summed E-state index contributed by atoms with van der Waals surface area (Å²) >= 11 is 0. The number of fused-ring (bicyclic) bond motifs is 1. The van der Waals surface area contributed by atoms with Gasteiger partial charge in [0.15, 0.2) is 23.0 Å². The highest BCUT2D eigenvalue weighted by Gasteiger charge is 2.31. The van der Waals surface area contributed by atoms with Crippen molar-refractivity contribution in [3.8, 4) is 23.0 Å². The van der Waals surface area contributed by atoms with E-state index in [1.165, 1.54) is 5.69 Å². The van der Waals surface area contributed by atoms with Crippen molar-refractivity contribution < 1.29 is 18.9 Å². The molecule has 0 saturated carbocycles. The molecule has 4 rings (SSSR count). The molecule has 0 aliphatic carbocycles. The van der Waals surface area contributed by atoms with E-state index in [1.807, 2.05) is 24.3 Å². The predicted octanol–water partition coefficient (Wildman–Crippen LogP) is 4.52. The van der Waals surface area contributed by atoms with E-state index < -0.39 is 0 Å². The highest BCUT2D eigenvalue weighted by molar-refractivity contribution is 5.51. The predicted molar refractivity (Wildman–Crippen MR) is 120 cm³/mol. The zero-order valence-corrected chi connectivity index (χ0v) is 18.6. The summed E-state index contributed by atoms with van der Waals surface area (Å²) in [6.07, 6.45) is 3.21. The number of rotatable bonds is 7. The molecular formula is C25H30N2O4. The summed E-state index contributed by atoms with van der Waals surface area (Å²) in [5.74, 6) is 3.03. The second-order valence-corrected chi connectivity index (χ2v) is 7.59. The summed E-state index contributed by atoms with van der Waals surface area (Å²) in [6, 6.07) is 16.5. The third kappa shape index (κ3) is 3.95. The van der Waals surface area contributed by atoms with Crippen LogP contribution in [0.3, 0.4) is 0 Å². The van der Waals surface area contributed by atoms with E-state index in [9.17, 15) is 0 Å². The van der Waals surface area contributed by atoms with E-state index in [-0.39, 0.29) is 6.04 Å². The van der Waals surface area contributed by atoms with Gasteiger partial charge in [0, 0.05) is 42.7 Å². The van der Waals surface area contributed by atoms with E-state index >= 15 is 0 Å². The van der Waals surface area contributed by atoms with Gasteiger partial charge in [-0.25, -0.2) is 0 Å². The van der Waals surface area contributed by atoms with Crippen molar-refractivity contribution in [2.45, 2.75) is 25.6 Å². The van der Waals surface area contributed by atoms with Crippen LogP contribution in [0.5, 0.6) is 23.0 Å². The van der Waals surface area contributed by atoms with Crippen molar-refractivity contribution in [1.82, 2.24) is 9.47 Å². The van der Waals surface area contributed by atoms with E-state index in [4.69, 9.17) is 18.9 Å². The molecule has 2 heterocycles. The number of hydrogen-bond donors (Lipinski definition) is 0. The van der Waals surface area contributed by atoms with Gasteiger partial charge >= 0.3 is 0 Å². The van der Waals surface area contributed by atoms with E-state index in [2.05, 4.69) is 39.9 Å². The second-order valence-electron chi connectivity index (χ2n) is 7.59. The van der Waals surface area contributed by atoms with Crippen molar-refractivity contribution in [1.29, 1.82) is 0 Å². The Labute approximate surface area is 183 Å². The molecule has 0 saturated heterocycles. The lowest BCUT2D eigenvalue weighted by molar-refractivity contribution is 0.211. The first-order valence-corrected chi connectivity index (χ1v) is 10.5. The zero-order chi connectivity index (χ0) is 21.8. The largest absolute Gasteiger partial charge is 0.493 e. The Morgan fingerprint density at radius 3 is 2.19 bits per heavy atom. The highest BCUT2D eigenvalue weighted by Crippen LogP contribution is 2.42. The van der Waals surface area contributed by atoms with Crippen LogP contribution in [0.1, 0.15) is 29.3 Å².